The van der Waals surface area contributed by atoms with Crippen molar-refractivity contribution in [2.45, 2.75) is 32.9 Å². The van der Waals surface area contributed by atoms with Crippen molar-refractivity contribution in [3.8, 4) is 0 Å². The molecular formula is C17H20ClFN2O4. The summed E-state index contributed by atoms with van der Waals surface area (Å²) in [4.78, 5) is 19.1. The van der Waals surface area contributed by atoms with Crippen LogP contribution in [0.15, 0.2) is 30.5 Å². The van der Waals surface area contributed by atoms with Crippen LogP contribution in [-0.2, 0) is 22.6 Å². The first-order valence-corrected chi connectivity index (χ1v) is 7.90. The third-order valence-corrected chi connectivity index (χ3v) is 3.62. The van der Waals surface area contributed by atoms with Gasteiger partial charge in [0.15, 0.2) is 0 Å². The van der Waals surface area contributed by atoms with E-state index in [4.69, 9.17) is 27.5 Å². The monoisotopic (exact) mass is 370 g/mol. The van der Waals surface area contributed by atoms with E-state index in [1.165, 1.54) is 6.07 Å². The number of carboxylic acid groups (broad SMARTS) is 2. The first-order chi connectivity index (χ1) is 11.7. The van der Waals surface area contributed by atoms with E-state index in [1.54, 1.807) is 6.07 Å². The molecule has 0 saturated heterocycles. The average molecular weight is 371 g/mol. The largest absolute Gasteiger partial charge is 0.478 e. The van der Waals surface area contributed by atoms with E-state index in [0.29, 0.717) is 18.7 Å². The molecule has 1 heterocycles. The van der Waals surface area contributed by atoms with Crippen molar-refractivity contribution >= 4 is 34.4 Å². The molecule has 0 aliphatic heterocycles. The van der Waals surface area contributed by atoms with Gasteiger partial charge in [-0.1, -0.05) is 18.5 Å². The van der Waals surface area contributed by atoms with E-state index in [9.17, 15) is 14.0 Å². The topological polar surface area (TPSA) is 106 Å². The summed E-state index contributed by atoms with van der Waals surface area (Å²) < 4.78 is 15.5. The van der Waals surface area contributed by atoms with Crippen LogP contribution in [0.25, 0.3) is 10.9 Å². The van der Waals surface area contributed by atoms with Crippen molar-refractivity contribution in [2.24, 2.45) is 5.73 Å². The van der Waals surface area contributed by atoms with Crippen LogP contribution in [0.2, 0.25) is 5.02 Å². The Morgan fingerprint density at radius 3 is 2.32 bits per heavy atom. The Morgan fingerprint density at radius 2 is 1.88 bits per heavy atom. The Balaban J connectivity index is 0.000000333. The molecule has 1 atom stereocenters. The third kappa shape index (κ3) is 5.88. The second kappa shape index (κ2) is 9.19. The van der Waals surface area contributed by atoms with Crippen LogP contribution < -0.4 is 5.73 Å². The number of aryl methyl sites for hydroxylation is 1. The average Bonchev–Trinajstić information content (AvgIpc) is 2.87. The van der Waals surface area contributed by atoms with Crippen LogP contribution in [0.4, 0.5) is 4.39 Å². The minimum atomic E-state index is -1.26. The first-order valence-electron chi connectivity index (χ1n) is 7.52. The summed E-state index contributed by atoms with van der Waals surface area (Å²) in [5.41, 5.74) is 7.82. The second-order valence-electron chi connectivity index (χ2n) is 5.40. The number of nitrogens with zero attached hydrogens (tertiary/aromatic N) is 1. The predicted molar refractivity (Wildman–Crippen MR) is 94.3 cm³/mol. The zero-order valence-electron chi connectivity index (χ0n) is 13.9. The normalized spacial score (nSPS) is 12.0. The lowest BCUT2D eigenvalue weighted by Crippen LogP contribution is -2.21. The smallest absolute Gasteiger partial charge is 0.328 e. The highest BCUT2D eigenvalue weighted by Crippen LogP contribution is 2.31. The maximum atomic E-state index is 13.5. The molecule has 0 fully saturated rings. The highest BCUT2D eigenvalue weighted by Gasteiger charge is 2.14. The third-order valence-electron chi connectivity index (χ3n) is 3.25. The van der Waals surface area contributed by atoms with Gasteiger partial charge in [-0.15, -0.1) is 0 Å². The van der Waals surface area contributed by atoms with Crippen LogP contribution in [0.1, 0.15) is 19.4 Å². The first kappa shape index (κ1) is 20.7. The van der Waals surface area contributed by atoms with Gasteiger partial charge in [0.05, 0.1) is 10.5 Å². The number of hydrogen-bond acceptors (Lipinski definition) is 3. The Kier molecular flexibility index (Phi) is 7.60. The van der Waals surface area contributed by atoms with Crippen molar-refractivity contribution in [2.75, 3.05) is 0 Å². The lowest BCUT2D eigenvalue weighted by atomic mass is 10.1. The molecule has 0 aliphatic carbocycles. The number of benzene rings is 1. The fraction of sp³-hybridized carbons (Fsp3) is 0.294. The van der Waals surface area contributed by atoms with E-state index < -0.39 is 11.9 Å². The van der Waals surface area contributed by atoms with Crippen molar-refractivity contribution in [3.05, 3.63) is 46.9 Å². The summed E-state index contributed by atoms with van der Waals surface area (Å²) in [6.07, 6.45) is 3.95. The molecule has 2 aromatic rings. The molecule has 0 amide bonds. The molecule has 8 heteroatoms. The van der Waals surface area contributed by atoms with Crippen molar-refractivity contribution in [3.63, 3.8) is 0 Å². The fourth-order valence-electron chi connectivity index (χ4n) is 2.28. The van der Waals surface area contributed by atoms with E-state index in [1.807, 2.05) is 24.6 Å². The molecule has 0 aliphatic rings. The van der Waals surface area contributed by atoms with Gasteiger partial charge >= 0.3 is 11.9 Å². The van der Waals surface area contributed by atoms with Gasteiger partial charge < -0.3 is 20.5 Å². The zero-order valence-corrected chi connectivity index (χ0v) is 14.6. The number of carboxylic acids is 2. The summed E-state index contributed by atoms with van der Waals surface area (Å²) in [7, 11) is 0. The predicted octanol–water partition coefficient (Wildman–Crippen LogP) is 3.06. The van der Waals surface area contributed by atoms with Crippen molar-refractivity contribution in [1.82, 2.24) is 4.57 Å². The van der Waals surface area contributed by atoms with E-state index in [0.717, 1.165) is 22.9 Å². The van der Waals surface area contributed by atoms with E-state index in [2.05, 4.69) is 0 Å². The van der Waals surface area contributed by atoms with Gasteiger partial charge in [0.1, 0.15) is 5.82 Å². The second-order valence-corrected chi connectivity index (χ2v) is 5.78. The lowest BCUT2D eigenvalue weighted by molar-refractivity contribution is -0.134. The molecule has 0 radical (unpaired) electrons. The summed E-state index contributed by atoms with van der Waals surface area (Å²) in [5, 5.41) is 16.6. The molecule has 0 saturated carbocycles. The minimum absolute atomic E-state index is 0.0548. The van der Waals surface area contributed by atoms with Gasteiger partial charge in [-0.2, -0.15) is 0 Å². The van der Waals surface area contributed by atoms with Gasteiger partial charge in [-0.3, -0.25) is 0 Å². The molecule has 1 unspecified atom stereocenters. The molecule has 6 nitrogen and oxygen atoms in total. The summed E-state index contributed by atoms with van der Waals surface area (Å²) in [5.74, 6) is -2.88. The van der Waals surface area contributed by atoms with Gasteiger partial charge in [-0.25, -0.2) is 14.0 Å². The zero-order chi connectivity index (χ0) is 19.1. The van der Waals surface area contributed by atoms with Gasteiger partial charge in [0.2, 0.25) is 0 Å². The summed E-state index contributed by atoms with van der Waals surface area (Å²) >= 11 is 6.04. The number of hydrogen-bond donors (Lipinski definition) is 3. The molecule has 2 rings (SSSR count). The summed E-state index contributed by atoms with van der Waals surface area (Å²) in [6, 6.07) is 3.22. The molecule has 0 spiro atoms. The molecule has 1 aromatic heterocycles. The maximum absolute atomic E-state index is 13.5. The number of halogens is 2. The highest BCUT2D eigenvalue weighted by molar-refractivity contribution is 6.35. The Labute approximate surface area is 149 Å². The Hall–Kier alpha value is -2.38. The van der Waals surface area contributed by atoms with Crippen molar-refractivity contribution in [1.29, 1.82) is 0 Å². The van der Waals surface area contributed by atoms with Crippen LogP contribution >= 0.6 is 11.6 Å². The molecule has 25 heavy (non-hydrogen) atoms. The van der Waals surface area contributed by atoms with Crippen LogP contribution in [0.5, 0.6) is 0 Å². The molecule has 4 N–H and O–H groups in total. The van der Waals surface area contributed by atoms with Gasteiger partial charge in [0, 0.05) is 36.3 Å². The highest BCUT2D eigenvalue weighted by atomic mass is 35.5. The van der Waals surface area contributed by atoms with E-state index >= 15 is 0 Å². The number of rotatable bonds is 5. The lowest BCUT2D eigenvalue weighted by Gasteiger charge is -2.08. The fourth-order valence-corrected chi connectivity index (χ4v) is 2.56. The molecule has 136 valence electrons. The number of aromatic nitrogens is 1. The quantitative estimate of drug-likeness (QED) is 0.701. The SMILES string of the molecule is CCc1cn(CC(C)N)c2ccc(F)c(Cl)c12.O=C(O)/C=C/C(=O)O. The summed E-state index contributed by atoms with van der Waals surface area (Å²) in [6.45, 7) is 4.69. The van der Waals surface area contributed by atoms with E-state index in [-0.39, 0.29) is 16.9 Å². The Bertz CT molecular complexity index is 784. The molecule has 1 aromatic carbocycles. The van der Waals surface area contributed by atoms with Crippen LogP contribution in [-0.4, -0.2) is 32.8 Å². The van der Waals surface area contributed by atoms with Gasteiger partial charge in [0.25, 0.3) is 0 Å². The number of aliphatic carboxylic acids is 2. The standard InChI is InChI=1S/C13H16ClFN2.C4H4O4/c1-3-9-7-17(6-8(2)16)11-5-4-10(15)13(14)12(9)11;5-3(6)1-2-4(7)8/h4-5,7-8H,3,6,16H2,1-2H3;1-2H,(H,5,6)(H,7,8)/b;2-1+. The number of carbonyl (C=O) groups is 2. The van der Waals surface area contributed by atoms with Crippen molar-refractivity contribution < 1.29 is 24.2 Å². The molecule has 0 bridgehead atoms. The van der Waals surface area contributed by atoms with Crippen LogP contribution in [0.3, 0.4) is 0 Å². The van der Waals surface area contributed by atoms with Crippen LogP contribution in [0, 0.1) is 5.82 Å². The number of fused-ring (bicyclic) bond motifs is 1. The van der Waals surface area contributed by atoms with Gasteiger partial charge in [-0.05, 0) is 31.0 Å². The molecular weight excluding hydrogens is 351 g/mol. The minimum Gasteiger partial charge on any atom is -0.478 e. The number of nitrogens with two attached hydrogens (primary N) is 1. The maximum Gasteiger partial charge on any atom is 0.328 e. The Morgan fingerprint density at radius 1 is 1.32 bits per heavy atom.